The number of hydrogen-bond acceptors (Lipinski definition) is 3. The molecule has 96 valence electrons. The van der Waals surface area contributed by atoms with Crippen LogP contribution in [-0.2, 0) is 4.79 Å². The van der Waals surface area contributed by atoms with Gasteiger partial charge in [0.2, 0.25) is 5.91 Å². The highest BCUT2D eigenvalue weighted by Crippen LogP contribution is 1.94. The van der Waals surface area contributed by atoms with Crippen LogP contribution in [0.5, 0.6) is 0 Å². The normalized spacial score (nSPS) is 16.9. The largest absolute Gasteiger partial charge is 0.356 e. The first-order valence-corrected chi connectivity index (χ1v) is 5.91. The zero-order valence-corrected chi connectivity index (χ0v) is 11.1. The Kier molecular flexibility index (Phi) is 8.61. The second-order valence-corrected chi connectivity index (χ2v) is 4.39. The van der Waals surface area contributed by atoms with Crippen LogP contribution in [0.2, 0.25) is 0 Å². The number of hydrogen-bond donors (Lipinski definition) is 2. The van der Waals surface area contributed by atoms with Crippen molar-refractivity contribution in [1.29, 1.82) is 0 Å². The average molecular weight is 250 g/mol. The van der Waals surface area contributed by atoms with Gasteiger partial charge >= 0.3 is 0 Å². The van der Waals surface area contributed by atoms with Crippen LogP contribution in [0.25, 0.3) is 0 Å². The number of carbonyl (C=O) groups excluding carboxylic acids is 1. The summed E-state index contributed by atoms with van der Waals surface area (Å²) < 4.78 is 0. The van der Waals surface area contributed by atoms with Crippen LogP contribution in [-0.4, -0.2) is 50.1 Å². The van der Waals surface area contributed by atoms with Crippen molar-refractivity contribution in [2.75, 3.05) is 39.3 Å². The van der Waals surface area contributed by atoms with Gasteiger partial charge in [-0.2, -0.15) is 0 Å². The van der Waals surface area contributed by atoms with Gasteiger partial charge in [0.05, 0.1) is 0 Å². The molecule has 0 saturated carbocycles. The summed E-state index contributed by atoms with van der Waals surface area (Å²) in [5, 5.41) is 6.27. The molecule has 1 amide bonds. The Bertz CT molecular complexity index is 194. The highest BCUT2D eigenvalue weighted by molar-refractivity contribution is 5.85. The molecule has 0 aliphatic carbocycles. The number of nitrogens with one attached hydrogen (secondary N) is 2. The maximum atomic E-state index is 11.3. The fourth-order valence-electron chi connectivity index (χ4n) is 1.65. The number of piperazine rings is 1. The van der Waals surface area contributed by atoms with E-state index in [1.165, 1.54) is 0 Å². The predicted molar refractivity (Wildman–Crippen MR) is 69.0 cm³/mol. The van der Waals surface area contributed by atoms with Crippen LogP contribution in [0.1, 0.15) is 20.3 Å². The van der Waals surface area contributed by atoms with Crippen molar-refractivity contribution in [2.45, 2.75) is 20.3 Å². The summed E-state index contributed by atoms with van der Waals surface area (Å²) in [6.07, 6.45) is 1.05. The van der Waals surface area contributed by atoms with E-state index in [2.05, 4.69) is 15.5 Å². The fourth-order valence-corrected chi connectivity index (χ4v) is 1.65. The third-order valence-corrected chi connectivity index (χ3v) is 2.68. The lowest BCUT2D eigenvalue weighted by molar-refractivity contribution is -0.123. The molecule has 1 fully saturated rings. The maximum Gasteiger partial charge on any atom is 0.222 e. The summed E-state index contributed by atoms with van der Waals surface area (Å²) in [7, 11) is 0. The minimum atomic E-state index is 0. The van der Waals surface area contributed by atoms with E-state index in [9.17, 15) is 4.79 Å². The molecule has 0 aromatic carbocycles. The topological polar surface area (TPSA) is 44.4 Å². The van der Waals surface area contributed by atoms with Crippen LogP contribution < -0.4 is 10.6 Å². The van der Waals surface area contributed by atoms with Crippen LogP contribution in [0.4, 0.5) is 0 Å². The van der Waals surface area contributed by atoms with E-state index in [0.717, 1.165) is 45.7 Å². The molecular weight excluding hydrogens is 226 g/mol. The van der Waals surface area contributed by atoms with Crippen molar-refractivity contribution in [3.63, 3.8) is 0 Å². The molecule has 4 nitrogen and oxygen atoms in total. The molecule has 1 rings (SSSR count). The molecule has 16 heavy (non-hydrogen) atoms. The van der Waals surface area contributed by atoms with Crippen molar-refractivity contribution in [3.8, 4) is 0 Å². The zero-order chi connectivity index (χ0) is 11.1. The summed E-state index contributed by atoms with van der Waals surface area (Å²) in [6.45, 7) is 10.2. The minimum absolute atomic E-state index is 0. The quantitative estimate of drug-likeness (QED) is 0.697. The van der Waals surface area contributed by atoms with E-state index in [-0.39, 0.29) is 24.2 Å². The van der Waals surface area contributed by atoms with Gasteiger partial charge in [0.15, 0.2) is 0 Å². The Morgan fingerprint density at radius 2 is 2.00 bits per heavy atom. The Morgan fingerprint density at radius 1 is 1.38 bits per heavy atom. The number of amides is 1. The third kappa shape index (κ3) is 6.30. The molecule has 0 bridgehead atoms. The van der Waals surface area contributed by atoms with Gasteiger partial charge in [0.1, 0.15) is 0 Å². The van der Waals surface area contributed by atoms with Crippen LogP contribution in [0.3, 0.4) is 0 Å². The van der Waals surface area contributed by atoms with Gasteiger partial charge in [-0.25, -0.2) is 0 Å². The SMILES string of the molecule is CC(C)C(=O)NCCCN1CCNCC1.Cl. The monoisotopic (exact) mass is 249 g/mol. The molecule has 0 radical (unpaired) electrons. The lowest BCUT2D eigenvalue weighted by Crippen LogP contribution is -2.44. The highest BCUT2D eigenvalue weighted by atomic mass is 35.5. The maximum absolute atomic E-state index is 11.3. The zero-order valence-electron chi connectivity index (χ0n) is 10.3. The van der Waals surface area contributed by atoms with E-state index in [1.807, 2.05) is 13.8 Å². The molecule has 0 spiro atoms. The summed E-state index contributed by atoms with van der Waals surface area (Å²) in [6, 6.07) is 0. The first-order valence-electron chi connectivity index (χ1n) is 5.91. The lowest BCUT2D eigenvalue weighted by atomic mass is 10.2. The first kappa shape index (κ1) is 15.7. The third-order valence-electron chi connectivity index (χ3n) is 2.68. The second-order valence-electron chi connectivity index (χ2n) is 4.39. The van der Waals surface area contributed by atoms with E-state index < -0.39 is 0 Å². The summed E-state index contributed by atoms with van der Waals surface area (Å²) in [5.41, 5.74) is 0. The summed E-state index contributed by atoms with van der Waals surface area (Å²) in [5.74, 6) is 0.263. The van der Waals surface area contributed by atoms with E-state index in [0.29, 0.717) is 0 Å². The van der Waals surface area contributed by atoms with Crippen molar-refractivity contribution in [3.05, 3.63) is 0 Å². The standard InChI is InChI=1S/C11H23N3O.ClH/c1-10(2)11(15)13-4-3-7-14-8-5-12-6-9-14;/h10,12H,3-9H2,1-2H3,(H,13,15);1H. The highest BCUT2D eigenvalue weighted by Gasteiger charge is 2.09. The van der Waals surface area contributed by atoms with Crippen LogP contribution in [0.15, 0.2) is 0 Å². The Morgan fingerprint density at radius 3 is 2.56 bits per heavy atom. The molecule has 1 saturated heterocycles. The molecule has 0 unspecified atom stereocenters. The molecule has 5 heteroatoms. The molecule has 2 N–H and O–H groups in total. The van der Waals surface area contributed by atoms with Gasteiger partial charge in [-0.05, 0) is 13.0 Å². The van der Waals surface area contributed by atoms with Gasteiger partial charge in [0, 0.05) is 38.6 Å². The van der Waals surface area contributed by atoms with Gasteiger partial charge in [-0.15, -0.1) is 12.4 Å². The Hall–Kier alpha value is -0.320. The molecule has 0 aromatic rings. The summed E-state index contributed by atoms with van der Waals surface area (Å²) >= 11 is 0. The number of nitrogens with zero attached hydrogens (tertiary/aromatic N) is 1. The average Bonchev–Trinajstić information content (AvgIpc) is 2.25. The second kappa shape index (κ2) is 8.79. The van der Waals surface area contributed by atoms with Crippen LogP contribution >= 0.6 is 12.4 Å². The fraction of sp³-hybridized carbons (Fsp3) is 0.909. The Balaban J connectivity index is 0.00000225. The van der Waals surface area contributed by atoms with E-state index in [4.69, 9.17) is 0 Å². The van der Waals surface area contributed by atoms with E-state index >= 15 is 0 Å². The summed E-state index contributed by atoms with van der Waals surface area (Å²) in [4.78, 5) is 13.7. The number of carbonyl (C=O) groups is 1. The van der Waals surface area contributed by atoms with Crippen molar-refractivity contribution in [1.82, 2.24) is 15.5 Å². The molecular formula is C11H24ClN3O. The lowest BCUT2D eigenvalue weighted by Gasteiger charge is -2.27. The van der Waals surface area contributed by atoms with Gasteiger partial charge in [0.25, 0.3) is 0 Å². The molecule has 1 aliphatic heterocycles. The predicted octanol–water partition coefficient (Wildman–Crippen LogP) is 0.476. The van der Waals surface area contributed by atoms with Crippen LogP contribution in [0, 0.1) is 5.92 Å². The van der Waals surface area contributed by atoms with Crippen molar-refractivity contribution < 1.29 is 4.79 Å². The first-order chi connectivity index (χ1) is 7.20. The van der Waals surface area contributed by atoms with Gasteiger partial charge in [-0.3, -0.25) is 4.79 Å². The van der Waals surface area contributed by atoms with E-state index in [1.54, 1.807) is 0 Å². The molecule has 0 atom stereocenters. The van der Waals surface area contributed by atoms with Crippen molar-refractivity contribution in [2.24, 2.45) is 5.92 Å². The molecule has 1 heterocycles. The number of rotatable bonds is 5. The van der Waals surface area contributed by atoms with Crippen molar-refractivity contribution >= 4 is 18.3 Å². The minimum Gasteiger partial charge on any atom is -0.356 e. The Labute approximate surface area is 105 Å². The van der Waals surface area contributed by atoms with Gasteiger partial charge in [-0.1, -0.05) is 13.8 Å². The smallest absolute Gasteiger partial charge is 0.222 e. The number of halogens is 1. The van der Waals surface area contributed by atoms with Gasteiger partial charge < -0.3 is 15.5 Å². The molecule has 0 aromatic heterocycles. The molecule has 1 aliphatic rings.